The summed E-state index contributed by atoms with van der Waals surface area (Å²) < 4.78 is 13.7. The van der Waals surface area contributed by atoms with E-state index in [2.05, 4.69) is 39.3 Å². The number of nitrogens with one attached hydrogen (secondary N) is 1. The summed E-state index contributed by atoms with van der Waals surface area (Å²) in [5.74, 6) is -1.37. The molecule has 1 N–H and O–H groups in total. The van der Waals surface area contributed by atoms with Crippen LogP contribution in [-0.4, -0.2) is 66.4 Å². The highest BCUT2D eigenvalue weighted by Gasteiger charge is 2.42. The van der Waals surface area contributed by atoms with Crippen molar-refractivity contribution in [3.63, 3.8) is 0 Å². The van der Waals surface area contributed by atoms with Crippen molar-refractivity contribution < 1.29 is 23.5 Å². The molecule has 2 aromatic carbocycles. The normalized spacial score (nSPS) is 16.8. The Morgan fingerprint density at radius 3 is 2.10 bits per heavy atom. The Bertz CT molecular complexity index is 1550. The smallest absolute Gasteiger partial charge is 0.278 e. The highest BCUT2D eigenvalue weighted by Crippen LogP contribution is 2.36. The van der Waals surface area contributed by atoms with E-state index in [4.69, 9.17) is 9.16 Å². The molecule has 220 valence electrons. The number of fused-ring (bicyclic) bond motifs is 2. The van der Waals surface area contributed by atoms with Crippen molar-refractivity contribution in [2.45, 2.75) is 51.7 Å². The zero-order valence-electron chi connectivity index (χ0n) is 24.5. The number of carbonyl (C=O) groups excluding carboxylic acids is 3. The second kappa shape index (κ2) is 11.2. The van der Waals surface area contributed by atoms with Gasteiger partial charge < -0.3 is 19.5 Å². The van der Waals surface area contributed by atoms with Crippen LogP contribution in [0.15, 0.2) is 71.7 Å². The number of hydrogen-bond donors (Lipinski definition) is 1. The fraction of sp³-hybridized carbons (Fsp3) is 0.355. The molecule has 11 heteroatoms. The van der Waals surface area contributed by atoms with E-state index in [0.717, 1.165) is 10.5 Å². The van der Waals surface area contributed by atoms with Gasteiger partial charge in [-0.3, -0.25) is 28.8 Å². The third-order valence-corrected chi connectivity index (χ3v) is 12.8. The molecule has 0 fully saturated rings. The lowest BCUT2D eigenvalue weighted by Crippen LogP contribution is -2.59. The third-order valence-electron chi connectivity index (χ3n) is 8.24. The first-order valence-corrected chi connectivity index (χ1v) is 16.9. The quantitative estimate of drug-likeness (QED) is 0.296. The van der Waals surface area contributed by atoms with Crippen LogP contribution in [0.3, 0.4) is 0 Å². The monoisotopic (exact) mass is 588 g/mol. The van der Waals surface area contributed by atoms with E-state index in [1.54, 1.807) is 24.3 Å². The van der Waals surface area contributed by atoms with E-state index in [9.17, 15) is 19.2 Å². The molecule has 1 atom stereocenters. The number of amides is 3. The van der Waals surface area contributed by atoms with Gasteiger partial charge in [0.1, 0.15) is 12.8 Å². The van der Waals surface area contributed by atoms with Crippen LogP contribution < -0.4 is 15.6 Å². The summed E-state index contributed by atoms with van der Waals surface area (Å²) in [4.78, 5) is 56.1. The Morgan fingerprint density at radius 2 is 1.48 bits per heavy atom. The number of carbonyl (C=O) groups is 3. The fourth-order valence-corrected chi connectivity index (χ4v) is 5.83. The molecule has 2 aliphatic heterocycles. The van der Waals surface area contributed by atoms with E-state index in [1.165, 1.54) is 21.8 Å². The number of pyridine rings is 1. The molecule has 0 radical (unpaired) electrons. The summed E-state index contributed by atoms with van der Waals surface area (Å²) >= 11 is 0. The zero-order chi connectivity index (χ0) is 30.2. The van der Waals surface area contributed by atoms with Crippen LogP contribution in [0, 0.1) is 0 Å². The number of hydrogen-bond acceptors (Lipinski definition) is 7. The molecule has 10 nitrogen and oxygen atoms in total. The summed E-state index contributed by atoms with van der Waals surface area (Å²) in [5, 5.41) is -0.0327. The van der Waals surface area contributed by atoms with Crippen LogP contribution in [0.1, 0.15) is 57.5 Å². The average molecular weight is 589 g/mol. The van der Waals surface area contributed by atoms with Gasteiger partial charge in [0.05, 0.1) is 24.3 Å². The second-order valence-electron chi connectivity index (χ2n) is 12.0. The molecular formula is C31H36N4O6Si. The van der Waals surface area contributed by atoms with E-state index in [1.807, 2.05) is 30.3 Å². The SMILES string of the molecule is CC(C)(C)[Si](C)(C)OCCN1C(=O)c2c(OCc3ccccc3)c(=O)ccn2NC1CN1C(=O)c2ccccc2C1=O. The summed E-state index contributed by atoms with van der Waals surface area (Å²) in [6.45, 7) is 11.1. The Labute approximate surface area is 245 Å². The van der Waals surface area contributed by atoms with Crippen LogP contribution >= 0.6 is 0 Å². The number of ether oxygens (including phenoxy) is 1. The first kappa shape index (κ1) is 29.3. The van der Waals surface area contributed by atoms with Gasteiger partial charge in [-0.1, -0.05) is 63.2 Å². The molecule has 42 heavy (non-hydrogen) atoms. The number of aromatic nitrogens is 1. The van der Waals surface area contributed by atoms with E-state index < -0.39 is 37.6 Å². The average Bonchev–Trinajstić information content (AvgIpc) is 3.19. The first-order valence-electron chi connectivity index (χ1n) is 14.0. The highest BCUT2D eigenvalue weighted by atomic mass is 28.4. The molecule has 0 bridgehead atoms. The Balaban J connectivity index is 1.45. The van der Waals surface area contributed by atoms with Crippen molar-refractivity contribution in [3.8, 4) is 5.75 Å². The van der Waals surface area contributed by atoms with Gasteiger partial charge in [-0.05, 0) is 35.8 Å². The third kappa shape index (κ3) is 5.49. The Morgan fingerprint density at radius 1 is 0.857 bits per heavy atom. The standard InChI is InChI=1S/C31H36N4O6Si/c1-31(2,3)42(4,5)41-18-17-33-25(19-34-28(37)22-13-9-10-14-23(22)29(34)38)32-35-16-15-24(36)27(26(35)30(33)39)40-20-21-11-7-6-8-12-21/h6-16,25,32H,17-20H2,1-5H3. The summed E-state index contributed by atoms with van der Waals surface area (Å²) in [7, 11) is -2.13. The van der Waals surface area contributed by atoms with Gasteiger partial charge in [0.15, 0.2) is 19.8 Å². The lowest BCUT2D eigenvalue weighted by molar-refractivity contribution is 0.0467. The molecule has 0 saturated heterocycles. The van der Waals surface area contributed by atoms with E-state index in [-0.39, 0.29) is 42.8 Å². The van der Waals surface area contributed by atoms with Crippen molar-refractivity contribution in [3.05, 3.63) is 99.5 Å². The Kier molecular flexibility index (Phi) is 7.82. The number of imide groups is 1. The lowest BCUT2D eigenvalue weighted by atomic mass is 10.1. The lowest BCUT2D eigenvalue weighted by Gasteiger charge is -2.41. The van der Waals surface area contributed by atoms with E-state index >= 15 is 0 Å². The van der Waals surface area contributed by atoms with Crippen LogP contribution in [0.4, 0.5) is 0 Å². The molecule has 3 aromatic rings. The van der Waals surface area contributed by atoms with Gasteiger partial charge in [-0.15, -0.1) is 0 Å². The molecule has 1 aromatic heterocycles. The predicted octanol–water partition coefficient (Wildman–Crippen LogP) is 4.07. The minimum absolute atomic E-state index is 0.0327. The first-order chi connectivity index (χ1) is 19.9. The van der Waals surface area contributed by atoms with E-state index in [0.29, 0.717) is 11.1 Å². The maximum atomic E-state index is 14.1. The zero-order valence-corrected chi connectivity index (χ0v) is 25.5. The summed E-state index contributed by atoms with van der Waals surface area (Å²) in [6.07, 6.45) is 0.684. The Hall–Kier alpha value is -4.22. The molecule has 2 aliphatic rings. The maximum Gasteiger partial charge on any atom is 0.278 e. The van der Waals surface area contributed by atoms with Gasteiger partial charge in [0.25, 0.3) is 17.7 Å². The van der Waals surface area contributed by atoms with Gasteiger partial charge >= 0.3 is 0 Å². The van der Waals surface area contributed by atoms with Crippen molar-refractivity contribution in [1.29, 1.82) is 0 Å². The van der Waals surface area contributed by atoms with Gasteiger partial charge in [0, 0.05) is 18.8 Å². The molecule has 3 amide bonds. The fourth-order valence-electron chi connectivity index (χ4n) is 4.79. The van der Waals surface area contributed by atoms with Crippen molar-refractivity contribution in [1.82, 2.24) is 14.5 Å². The molecule has 0 aliphatic carbocycles. The molecule has 5 rings (SSSR count). The van der Waals surface area contributed by atoms with Crippen molar-refractivity contribution >= 4 is 26.0 Å². The van der Waals surface area contributed by atoms with Gasteiger partial charge in [-0.25, -0.2) is 0 Å². The molecule has 0 spiro atoms. The van der Waals surface area contributed by atoms with Crippen LogP contribution in [0.25, 0.3) is 0 Å². The molecule has 3 heterocycles. The minimum Gasteiger partial charge on any atom is -0.482 e. The number of benzene rings is 2. The molecule has 0 saturated carbocycles. The van der Waals surface area contributed by atoms with Crippen molar-refractivity contribution in [2.24, 2.45) is 0 Å². The summed E-state index contributed by atoms with van der Waals surface area (Å²) in [6, 6.07) is 17.3. The largest absolute Gasteiger partial charge is 0.482 e. The van der Waals surface area contributed by atoms with Crippen LogP contribution in [-0.2, 0) is 11.0 Å². The molecule has 1 unspecified atom stereocenters. The number of rotatable bonds is 9. The van der Waals surface area contributed by atoms with Crippen molar-refractivity contribution in [2.75, 3.05) is 25.1 Å². The number of nitrogens with zero attached hydrogens (tertiary/aromatic N) is 3. The van der Waals surface area contributed by atoms with Gasteiger partial charge in [-0.2, -0.15) is 0 Å². The second-order valence-corrected chi connectivity index (χ2v) is 16.8. The van der Waals surface area contributed by atoms with Gasteiger partial charge in [0.2, 0.25) is 5.43 Å². The topological polar surface area (TPSA) is 110 Å². The molecular weight excluding hydrogens is 552 g/mol. The minimum atomic E-state index is -2.13. The van der Waals surface area contributed by atoms with Crippen LogP contribution in [0.2, 0.25) is 18.1 Å². The highest BCUT2D eigenvalue weighted by molar-refractivity contribution is 6.74. The van der Waals surface area contributed by atoms with Crippen LogP contribution in [0.5, 0.6) is 5.75 Å². The predicted molar refractivity (Wildman–Crippen MR) is 161 cm³/mol. The maximum absolute atomic E-state index is 14.1. The summed E-state index contributed by atoms with van der Waals surface area (Å²) in [5.41, 5.74) is 4.36.